The topological polar surface area (TPSA) is 67.9 Å². The first-order valence-corrected chi connectivity index (χ1v) is 10.4. The lowest BCUT2D eigenvalue weighted by atomic mass is 10.1. The Morgan fingerprint density at radius 3 is 2.48 bits per heavy atom. The van der Waals surface area contributed by atoms with Gasteiger partial charge in [-0.1, -0.05) is 12.1 Å². The molecular weight excluding hydrogens is 394 g/mol. The number of piperazine rings is 1. The highest BCUT2D eigenvalue weighted by Crippen LogP contribution is 2.25. The fraction of sp³-hybridized carbons (Fsp3) is 0.333. The first-order valence-electron chi connectivity index (χ1n) is 10.4. The molecule has 1 aliphatic rings. The van der Waals surface area contributed by atoms with Crippen molar-refractivity contribution in [2.45, 2.75) is 20.4 Å². The summed E-state index contributed by atoms with van der Waals surface area (Å²) in [5, 5.41) is 0. The normalized spacial score (nSPS) is 14.0. The number of anilines is 1. The number of ether oxygens (including phenoxy) is 1. The molecule has 0 spiro atoms. The standard InChI is InChI=1S/C24H27N3O4/c1-17-6-7-18(2)21(15-17)25-10-12-26(13-11-25)23(28)16-27-19(22-5-4-14-31-22)8-9-20(27)24(29)30-3/h4-9,14-15H,10-13,16H2,1-3H3. The van der Waals surface area contributed by atoms with Gasteiger partial charge in [0.05, 0.1) is 19.1 Å². The minimum atomic E-state index is -0.481. The van der Waals surface area contributed by atoms with E-state index in [9.17, 15) is 9.59 Å². The van der Waals surface area contributed by atoms with Crippen LogP contribution in [0.4, 0.5) is 5.69 Å². The molecule has 4 rings (SSSR count). The van der Waals surface area contributed by atoms with Crippen molar-refractivity contribution >= 4 is 17.6 Å². The lowest BCUT2D eigenvalue weighted by molar-refractivity contribution is -0.132. The molecule has 0 unspecified atom stereocenters. The van der Waals surface area contributed by atoms with E-state index < -0.39 is 5.97 Å². The summed E-state index contributed by atoms with van der Waals surface area (Å²) in [6.45, 7) is 7.08. The van der Waals surface area contributed by atoms with Crippen LogP contribution in [-0.4, -0.2) is 54.6 Å². The highest BCUT2D eigenvalue weighted by Gasteiger charge is 2.25. The number of furan rings is 1. The van der Waals surface area contributed by atoms with Crippen LogP contribution in [0.25, 0.3) is 11.5 Å². The predicted octanol–water partition coefficient (Wildman–Crippen LogP) is 3.50. The van der Waals surface area contributed by atoms with Crippen molar-refractivity contribution < 1.29 is 18.7 Å². The van der Waals surface area contributed by atoms with Crippen molar-refractivity contribution in [3.8, 4) is 11.5 Å². The Labute approximate surface area is 181 Å². The number of carbonyl (C=O) groups is 2. The van der Waals surface area contributed by atoms with Gasteiger partial charge < -0.3 is 23.5 Å². The lowest BCUT2D eigenvalue weighted by Crippen LogP contribution is -2.50. The maximum absolute atomic E-state index is 13.1. The summed E-state index contributed by atoms with van der Waals surface area (Å²) in [4.78, 5) is 29.5. The quantitative estimate of drug-likeness (QED) is 0.590. The first kappa shape index (κ1) is 20.8. The number of methoxy groups -OCH3 is 1. The summed E-state index contributed by atoms with van der Waals surface area (Å²) in [5.41, 5.74) is 4.70. The van der Waals surface area contributed by atoms with Gasteiger partial charge in [0.25, 0.3) is 0 Å². The molecule has 0 atom stereocenters. The average molecular weight is 421 g/mol. The molecule has 2 aromatic heterocycles. The molecule has 31 heavy (non-hydrogen) atoms. The van der Waals surface area contributed by atoms with Crippen molar-refractivity contribution in [1.82, 2.24) is 9.47 Å². The number of nitrogens with zero attached hydrogens (tertiary/aromatic N) is 3. The van der Waals surface area contributed by atoms with Crippen LogP contribution in [0.2, 0.25) is 0 Å². The van der Waals surface area contributed by atoms with Crippen LogP contribution >= 0.6 is 0 Å². The van der Waals surface area contributed by atoms with Gasteiger partial charge in [-0.05, 0) is 55.3 Å². The smallest absolute Gasteiger partial charge is 0.354 e. The highest BCUT2D eigenvalue weighted by molar-refractivity contribution is 5.90. The number of hydrogen-bond acceptors (Lipinski definition) is 5. The minimum Gasteiger partial charge on any atom is -0.464 e. The van der Waals surface area contributed by atoms with Crippen molar-refractivity contribution in [1.29, 1.82) is 0 Å². The van der Waals surface area contributed by atoms with E-state index in [4.69, 9.17) is 9.15 Å². The largest absolute Gasteiger partial charge is 0.464 e. The molecule has 1 fully saturated rings. The number of carbonyl (C=O) groups excluding carboxylic acids is 2. The molecule has 0 aliphatic carbocycles. The molecule has 1 saturated heterocycles. The number of aromatic nitrogens is 1. The fourth-order valence-electron chi connectivity index (χ4n) is 4.05. The zero-order chi connectivity index (χ0) is 22.0. The third kappa shape index (κ3) is 4.21. The molecule has 7 nitrogen and oxygen atoms in total. The molecule has 162 valence electrons. The lowest BCUT2D eigenvalue weighted by Gasteiger charge is -2.37. The Balaban J connectivity index is 1.49. The summed E-state index contributed by atoms with van der Waals surface area (Å²) in [6, 6.07) is 13.5. The van der Waals surface area contributed by atoms with Crippen molar-refractivity contribution in [2.75, 3.05) is 38.2 Å². The van der Waals surface area contributed by atoms with Crippen molar-refractivity contribution in [3.63, 3.8) is 0 Å². The minimum absolute atomic E-state index is 0.0326. The van der Waals surface area contributed by atoms with Gasteiger partial charge in [0.15, 0.2) is 0 Å². The number of amides is 1. The van der Waals surface area contributed by atoms with E-state index >= 15 is 0 Å². The average Bonchev–Trinajstić information content (AvgIpc) is 3.45. The zero-order valence-electron chi connectivity index (χ0n) is 18.1. The molecule has 0 bridgehead atoms. The van der Waals surface area contributed by atoms with Gasteiger partial charge in [-0.25, -0.2) is 4.79 Å². The number of rotatable bonds is 5. The predicted molar refractivity (Wildman–Crippen MR) is 118 cm³/mol. The van der Waals surface area contributed by atoms with Crippen molar-refractivity contribution in [2.24, 2.45) is 0 Å². The second-order valence-electron chi connectivity index (χ2n) is 7.82. The first-order chi connectivity index (χ1) is 15.0. The number of esters is 1. The monoisotopic (exact) mass is 421 g/mol. The molecule has 1 aliphatic heterocycles. The summed E-state index contributed by atoms with van der Waals surface area (Å²) < 4.78 is 12.1. The van der Waals surface area contributed by atoms with Crippen LogP contribution in [0.5, 0.6) is 0 Å². The van der Waals surface area contributed by atoms with E-state index in [-0.39, 0.29) is 12.5 Å². The molecule has 1 amide bonds. The van der Waals surface area contributed by atoms with Gasteiger partial charge >= 0.3 is 5.97 Å². The van der Waals surface area contributed by atoms with Gasteiger partial charge in [-0.15, -0.1) is 0 Å². The molecule has 3 aromatic rings. The number of aryl methyl sites for hydroxylation is 2. The van der Waals surface area contributed by atoms with Crippen molar-refractivity contribution in [3.05, 3.63) is 65.5 Å². The Morgan fingerprint density at radius 2 is 1.81 bits per heavy atom. The fourth-order valence-corrected chi connectivity index (χ4v) is 4.05. The van der Waals surface area contributed by atoms with Gasteiger partial charge in [0, 0.05) is 31.9 Å². The van der Waals surface area contributed by atoms with Crippen LogP contribution in [0.1, 0.15) is 21.6 Å². The molecule has 0 N–H and O–H groups in total. The van der Waals surface area contributed by atoms with Crippen LogP contribution in [-0.2, 0) is 16.1 Å². The third-order valence-electron chi connectivity index (χ3n) is 5.78. The van der Waals surface area contributed by atoms with Gasteiger partial charge in [-0.3, -0.25) is 4.79 Å². The molecule has 1 aromatic carbocycles. The summed E-state index contributed by atoms with van der Waals surface area (Å²) in [7, 11) is 1.33. The summed E-state index contributed by atoms with van der Waals surface area (Å²) >= 11 is 0. The summed E-state index contributed by atoms with van der Waals surface area (Å²) in [5.74, 6) is 0.0859. The van der Waals surface area contributed by atoms with E-state index in [1.165, 1.54) is 23.9 Å². The highest BCUT2D eigenvalue weighted by atomic mass is 16.5. The second kappa shape index (κ2) is 8.71. The van der Waals surface area contributed by atoms with E-state index in [2.05, 4.69) is 36.9 Å². The maximum atomic E-state index is 13.1. The Morgan fingerprint density at radius 1 is 1.03 bits per heavy atom. The molecule has 3 heterocycles. The Kier molecular flexibility index (Phi) is 5.84. The van der Waals surface area contributed by atoms with E-state index in [0.717, 1.165) is 13.1 Å². The number of benzene rings is 1. The van der Waals surface area contributed by atoms with Crippen LogP contribution in [0, 0.1) is 13.8 Å². The molecule has 0 saturated carbocycles. The van der Waals surface area contributed by atoms with Crippen LogP contribution in [0.3, 0.4) is 0 Å². The third-order valence-corrected chi connectivity index (χ3v) is 5.78. The molecule has 0 radical (unpaired) electrons. The maximum Gasteiger partial charge on any atom is 0.354 e. The molecular formula is C24H27N3O4. The summed E-state index contributed by atoms with van der Waals surface area (Å²) in [6.07, 6.45) is 1.57. The Hall–Kier alpha value is -3.48. The van der Waals surface area contributed by atoms with Gasteiger partial charge in [0.2, 0.25) is 5.91 Å². The SMILES string of the molecule is COC(=O)c1ccc(-c2ccco2)n1CC(=O)N1CCN(c2cc(C)ccc2C)CC1. The van der Waals surface area contributed by atoms with Gasteiger partial charge in [-0.2, -0.15) is 0 Å². The van der Waals surface area contributed by atoms with Gasteiger partial charge in [0.1, 0.15) is 18.0 Å². The van der Waals surface area contributed by atoms with Crippen LogP contribution < -0.4 is 4.90 Å². The van der Waals surface area contributed by atoms with E-state index in [1.54, 1.807) is 35.1 Å². The Bertz CT molecular complexity index is 1080. The second-order valence-corrected chi connectivity index (χ2v) is 7.82. The number of hydrogen-bond donors (Lipinski definition) is 0. The van der Waals surface area contributed by atoms with E-state index in [1.807, 2.05) is 4.90 Å². The van der Waals surface area contributed by atoms with Crippen LogP contribution in [0.15, 0.2) is 53.1 Å². The van der Waals surface area contributed by atoms with E-state index in [0.29, 0.717) is 30.2 Å². The zero-order valence-corrected chi connectivity index (χ0v) is 18.1. The molecule has 7 heteroatoms.